The minimum atomic E-state index is -0.739. The van der Waals surface area contributed by atoms with E-state index in [9.17, 15) is 34.4 Å². The Morgan fingerprint density at radius 3 is 2.36 bits per heavy atom. The predicted octanol–water partition coefficient (Wildman–Crippen LogP) is 4.24. The summed E-state index contributed by atoms with van der Waals surface area (Å²) >= 11 is 0. The van der Waals surface area contributed by atoms with Gasteiger partial charge in [-0.05, 0) is 68.0 Å². The van der Waals surface area contributed by atoms with Gasteiger partial charge in [0.2, 0.25) is 11.8 Å². The third-order valence-electron chi connectivity index (χ3n) is 8.44. The number of nitro groups is 1. The molecule has 3 aliphatic carbocycles. The molecule has 4 aliphatic rings. The number of non-ortho nitro benzene ring substituents is 1. The number of carbonyl (C=O) groups excluding carboxylic acids is 4. The first-order valence-corrected chi connectivity index (χ1v) is 12.7. The van der Waals surface area contributed by atoms with Crippen LogP contribution in [0.3, 0.4) is 0 Å². The molecule has 1 heterocycles. The lowest BCUT2D eigenvalue weighted by Gasteiger charge is -2.42. The van der Waals surface area contributed by atoms with Crippen molar-refractivity contribution in [3.8, 4) is 5.75 Å². The van der Waals surface area contributed by atoms with Gasteiger partial charge in [-0.25, -0.2) is 0 Å². The molecule has 1 saturated heterocycles. The number of benzene rings is 2. The first-order chi connectivity index (χ1) is 18.6. The summed E-state index contributed by atoms with van der Waals surface area (Å²) in [6.45, 7) is 3.35. The zero-order valence-electron chi connectivity index (χ0n) is 21.2. The second-order valence-corrected chi connectivity index (χ2v) is 10.6. The number of hydrogen-bond acceptors (Lipinski definition) is 7. The largest absolute Gasteiger partial charge is 0.508 e. The maximum absolute atomic E-state index is 13.9. The number of aryl methyl sites for hydroxylation is 1. The Labute approximate surface area is 223 Å². The Bertz CT molecular complexity index is 1610. The summed E-state index contributed by atoms with van der Waals surface area (Å²) in [6, 6.07) is 10.3. The molecule has 0 spiro atoms. The number of amides is 2. The van der Waals surface area contributed by atoms with Crippen LogP contribution in [0.1, 0.15) is 36.8 Å². The number of aromatic hydroxyl groups is 1. The summed E-state index contributed by atoms with van der Waals surface area (Å²) in [6.07, 6.45) is 3.74. The molecule has 2 aromatic carbocycles. The number of anilines is 1. The predicted molar refractivity (Wildman–Crippen MR) is 140 cm³/mol. The van der Waals surface area contributed by atoms with Gasteiger partial charge >= 0.3 is 0 Å². The first-order valence-electron chi connectivity index (χ1n) is 12.7. The van der Waals surface area contributed by atoms with Gasteiger partial charge in [0.1, 0.15) is 5.75 Å². The smallest absolute Gasteiger partial charge is 0.269 e. The molecule has 39 heavy (non-hydrogen) atoms. The van der Waals surface area contributed by atoms with Crippen LogP contribution in [0.4, 0.5) is 11.4 Å². The SMILES string of the molecule is CC1=CC(=O)C2=C(C[C@@H]3C(=CC[C@@H]4C(=O)N(c5ccc([N+](=O)[O-])cc5)C(=O)[C@@H]43)[C@@H]2c2ccc(O)c(C)c2)C1=O. The lowest BCUT2D eigenvalue weighted by Crippen LogP contribution is -2.39. The fourth-order valence-electron chi connectivity index (χ4n) is 6.60. The molecule has 2 aromatic rings. The van der Waals surface area contributed by atoms with Crippen LogP contribution in [0.5, 0.6) is 5.75 Å². The third-order valence-corrected chi connectivity index (χ3v) is 8.44. The molecule has 6 rings (SSSR count). The standard InChI is InChI=1S/C30H24N2O7/c1-14-11-16(3-10-23(14)33)25-19-8-9-20-26(21(19)13-22-27(25)24(34)12-15(2)28(22)35)30(37)31(29(20)36)17-4-6-18(7-5-17)32(38)39/h3-8,10-12,20-21,25-26,33H,9,13H2,1-2H3/t20-,21+,25-,26-/m0/s1. The monoisotopic (exact) mass is 524 g/mol. The van der Waals surface area contributed by atoms with Crippen molar-refractivity contribution in [1.29, 1.82) is 0 Å². The Morgan fingerprint density at radius 2 is 1.69 bits per heavy atom. The van der Waals surface area contributed by atoms with Crippen LogP contribution in [0.25, 0.3) is 0 Å². The van der Waals surface area contributed by atoms with E-state index in [0.29, 0.717) is 22.3 Å². The maximum Gasteiger partial charge on any atom is 0.269 e. The van der Waals surface area contributed by atoms with E-state index in [1.807, 2.05) is 6.08 Å². The molecular weight excluding hydrogens is 500 g/mol. The van der Waals surface area contributed by atoms with Crippen molar-refractivity contribution >= 4 is 34.8 Å². The zero-order valence-corrected chi connectivity index (χ0v) is 21.2. The minimum absolute atomic E-state index is 0.107. The number of hydrogen-bond donors (Lipinski definition) is 1. The first kappa shape index (κ1) is 24.7. The van der Waals surface area contributed by atoms with E-state index in [-0.39, 0.29) is 47.4 Å². The Kier molecular flexibility index (Phi) is 5.50. The molecule has 2 amide bonds. The molecule has 1 fully saturated rings. The second kappa shape index (κ2) is 8.69. The molecule has 0 aromatic heterocycles. The van der Waals surface area contributed by atoms with Crippen molar-refractivity contribution in [2.75, 3.05) is 4.90 Å². The van der Waals surface area contributed by atoms with Crippen LogP contribution in [-0.2, 0) is 19.2 Å². The van der Waals surface area contributed by atoms with Gasteiger partial charge in [0.05, 0.1) is 22.4 Å². The maximum atomic E-state index is 13.9. The number of nitrogens with zero attached hydrogens (tertiary/aromatic N) is 2. The molecule has 9 heteroatoms. The van der Waals surface area contributed by atoms with Crippen molar-refractivity contribution in [1.82, 2.24) is 0 Å². The zero-order chi connectivity index (χ0) is 27.7. The van der Waals surface area contributed by atoms with E-state index in [2.05, 4.69) is 0 Å². The fraction of sp³-hybridized carbons (Fsp3) is 0.267. The highest BCUT2D eigenvalue weighted by Gasteiger charge is 2.56. The number of allylic oxidation sites excluding steroid dienone is 6. The Hall–Kier alpha value is -4.66. The number of phenols is 1. The van der Waals surface area contributed by atoms with Gasteiger partial charge in [-0.1, -0.05) is 23.8 Å². The molecule has 9 nitrogen and oxygen atoms in total. The van der Waals surface area contributed by atoms with Crippen molar-refractivity contribution < 1.29 is 29.2 Å². The number of ketones is 2. The molecule has 0 bridgehead atoms. The number of imide groups is 1. The van der Waals surface area contributed by atoms with Crippen molar-refractivity contribution in [3.05, 3.63) is 98.2 Å². The number of fused-ring (bicyclic) bond motifs is 3. The van der Waals surface area contributed by atoms with Gasteiger partial charge in [-0.2, -0.15) is 0 Å². The number of phenolic OH excluding ortho intramolecular Hbond substituents is 1. The van der Waals surface area contributed by atoms with E-state index in [4.69, 9.17) is 0 Å². The van der Waals surface area contributed by atoms with Crippen LogP contribution in [0, 0.1) is 34.8 Å². The van der Waals surface area contributed by atoms with E-state index < -0.39 is 34.5 Å². The summed E-state index contributed by atoms with van der Waals surface area (Å²) in [4.78, 5) is 65.6. The average Bonchev–Trinajstić information content (AvgIpc) is 3.17. The van der Waals surface area contributed by atoms with E-state index in [1.165, 1.54) is 30.3 Å². The van der Waals surface area contributed by atoms with E-state index in [1.54, 1.807) is 32.0 Å². The fourth-order valence-corrected chi connectivity index (χ4v) is 6.60. The highest BCUT2D eigenvalue weighted by atomic mass is 16.6. The van der Waals surface area contributed by atoms with Crippen LogP contribution in [0.2, 0.25) is 0 Å². The third kappa shape index (κ3) is 3.60. The molecule has 1 N–H and O–H groups in total. The molecule has 4 atom stereocenters. The molecule has 1 aliphatic heterocycles. The van der Waals surface area contributed by atoms with Crippen LogP contribution >= 0.6 is 0 Å². The molecule has 196 valence electrons. The van der Waals surface area contributed by atoms with Gasteiger partial charge in [-0.3, -0.25) is 34.2 Å². The second-order valence-electron chi connectivity index (χ2n) is 10.6. The summed E-state index contributed by atoms with van der Waals surface area (Å²) in [5.74, 6) is -3.63. The highest BCUT2D eigenvalue weighted by Crippen LogP contribution is 2.55. The summed E-state index contributed by atoms with van der Waals surface area (Å²) in [7, 11) is 0. The topological polar surface area (TPSA) is 135 Å². The average molecular weight is 525 g/mol. The summed E-state index contributed by atoms with van der Waals surface area (Å²) in [5.41, 5.74) is 3.36. The van der Waals surface area contributed by atoms with Crippen molar-refractivity contribution in [3.63, 3.8) is 0 Å². The van der Waals surface area contributed by atoms with E-state index in [0.717, 1.165) is 16.0 Å². The lowest BCUT2D eigenvalue weighted by molar-refractivity contribution is -0.384. The summed E-state index contributed by atoms with van der Waals surface area (Å²) < 4.78 is 0. The Balaban J connectivity index is 1.46. The number of nitro benzene ring substituents is 1. The van der Waals surface area contributed by atoms with Gasteiger partial charge in [-0.15, -0.1) is 0 Å². The molecular formula is C30H24N2O7. The van der Waals surface area contributed by atoms with E-state index >= 15 is 0 Å². The lowest BCUT2D eigenvalue weighted by atomic mass is 9.59. The Morgan fingerprint density at radius 1 is 0.974 bits per heavy atom. The van der Waals surface area contributed by atoms with Crippen LogP contribution < -0.4 is 4.90 Å². The van der Waals surface area contributed by atoms with Gasteiger partial charge in [0.15, 0.2) is 11.6 Å². The summed E-state index contributed by atoms with van der Waals surface area (Å²) in [5, 5.41) is 21.2. The molecule has 0 unspecified atom stereocenters. The van der Waals surface area contributed by atoms with Gasteiger partial charge < -0.3 is 5.11 Å². The number of carbonyl (C=O) groups is 4. The molecule has 0 saturated carbocycles. The molecule has 0 radical (unpaired) electrons. The van der Waals surface area contributed by atoms with Gasteiger partial charge in [0, 0.05) is 34.8 Å². The number of Topliss-reactive ketones (excluding diaryl/α,β-unsaturated/α-hetero) is 1. The van der Waals surface area contributed by atoms with Gasteiger partial charge in [0.25, 0.3) is 5.69 Å². The van der Waals surface area contributed by atoms with Crippen molar-refractivity contribution in [2.24, 2.45) is 17.8 Å². The normalized spacial score (nSPS) is 26.2. The van der Waals surface area contributed by atoms with Crippen LogP contribution in [-0.4, -0.2) is 33.4 Å². The van der Waals surface area contributed by atoms with Crippen molar-refractivity contribution in [2.45, 2.75) is 32.6 Å². The minimum Gasteiger partial charge on any atom is -0.508 e. The quantitative estimate of drug-likeness (QED) is 0.209. The van der Waals surface area contributed by atoms with Crippen LogP contribution in [0.15, 0.2) is 76.9 Å². The number of rotatable bonds is 3. The highest BCUT2D eigenvalue weighted by molar-refractivity contribution is 6.25.